The van der Waals surface area contributed by atoms with Crippen LogP contribution in [0.1, 0.15) is 0 Å². The molecule has 0 aliphatic rings. The molecule has 0 aliphatic carbocycles. The fourth-order valence-electron chi connectivity index (χ4n) is 3.23. The second-order valence-corrected chi connectivity index (χ2v) is 7.57. The monoisotopic (exact) mass is 397 g/mol. The molecular formula is C24H15NO3S. The molecule has 0 saturated heterocycles. The Morgan fingerprint density at radius 3 is 2.55 bits per heavy atom. The number of pyridine rings is 1. The van der Waals surface area contributed by atoms with Gasteiger partial charge in [-0.3, -0.25) is 0 Å². The summed E-state index contributed by atoms with van der Waals surface area (Å²) in [6, 6.07) is 25.2. The highest BCUT2D eigenvalue weighted by Gasteiger charge is 2.11. The number of nitrogens with zero attached hydrogens (tertiary/aromatic N) is 1. The van der Waals surface area contributed by atoms with E-state index in [1.54, 1.807) is 12.5 Å². The quantitative estimate of drug-likeness (QED) is 0.335. The Balaban J connectivity index is 1.51. The fourth-order valence-corrected chi connectivity index (χ4v) is 4.06. The van der Waals surface area contributed by atoms with Gasteiger partial charge in [-0.1, -0.05) is 48.2 Å². The molecule has 0 aliphatic heterocycles. The lowest BCUT2D eigenvalue weighted by Gasteiger charge is -2.07. The maximum absolute atomic E-state index is 12.1. The summed E-state index contributed by atoms with van der Waals surface area (Å²) in [6.07, 6.45) is 3.21. The second kappa shape index (κ2) is 7.45. The molecular weight excluding hydrogens is 382 g/mol. The van der Waals surface area contributed by atoms with E-state index in [9.17, 15) is 4.79 Å². The molecule has 0 bridgehead atoms. The first kappa shape index (κ1) is 17.5. The predicted octanol–water partition coefficient (Wildman–Crippen LogP) is 6.27. The van der Waals surface area contributed by atoms with Crippen molar-refractivity contribution in [3.63, 3.8) is 0 Å². The zero-order valence-corrected chi connectivity index (χ0v) is 16.1. The highest BCUT2D eigenvalue weighted by atomic mass is 32.2. The van der Waals surface area contributed by atoms with Crippen LogP contribution in [0.25, 0.3) is 33.4 Å². The molecule has 3 aromatic heterocycles. The largest absolute Gasteiger partial charge is 0.472 e. The van der Waals surface area contributed by atoms with Crippen LogP contribution in [0.3, 0.4) is 0 Å². The number of hydrogen-bond donors (Lipinski definition) is 0. The summed E-state index contributed by atoms with van der Waals surface area (Å²) >= 11 is 1.53. The number of fused-ring (bicyclic) bond motifs is 1. The van der Waals surface area contributed by atoms with Gasteiger partial charge < -0.3 is 8.83 Å². The van der Waals surface area contributed by atoms with Crippen molar-refractivity contribution in [2.45, 2.75) is 9.92 Å². The molecule has 2 aromatic carbocycles. The lowest BCUT2D eigenvalue weighted by atomic mass is 10.1. The van der Waals surface area contributed by atoms with Gasteiger partial charge in [-0.2, -0.15) is 0 Å². The van der Waals surface area contributed by atoms with Gasteiger partial charge >= 0.3 is 5.63 Å². The molecule has 0 amide bonds. The molecule has 4 nitrogen and oxygen atoms in total. The molecule has 0 saturated carbocycles. The van der Waals surface area contributed by atoms with Gasteiger partial charge in [0.1, 0.15) is 10.6 Å². The Labute approximate surface area is 170 Å². The zero-order chi connectivity index (χ0) is 19.6. The molecule has 0 atom stereocenters. The van der Waals surface area contributed by atoms with Gasteiger partial charge in [-0.15, -0.1) is 0 Å². The van der Waals surface area contributed by atoms with Crippen LogP contribution < -0.4 is 5.63 Å². The Morgan fingerprint density at radius 1 is 0.828 bits per heavy atom. The predicted molar refractivity (Wildman–Crippen MR) is 114 cm³/mol. The standard InChI is InChI=1S/C24H15NO3S/c26-24-14-20(17-11-12-27-15-17)19-10-9-18(13-22(19)28-24)29-23-8-4-7-21(25-23)16-5-2-1-3-6-16/h1-15H. The average molecular weight is 397 g/mol. The van der Waals surface area contributed by atoms with Crippen molar-refractivity contribution < 1.29 is 8.83 Å². The molecule has 0 N–H and O–H groups in total. The normalized spacial score (nSPS) is 11.0. The molecule has 0 fully saturated rings. The highest BCUT2D eigenvalue weighted by molar-refractivity contribution is 7.99. The van der Waals surface area contributed by atoms with Crippen molar-refractivity contribution in [3.8, 4) is 22.4 Å². The molecule has 140 valence electrons. The van der Waals surface area contributed by atoms with Gasteiger partial charge in [0.2, 0.25) is 0 Å². The van der Waals surface area contributed by atoms with Crippen molar-refractivity contribution in [2.75, 3.05) is 0 Å². The summed E-state index contributed by atoms with van der Waals surface area (Å²) in [7, 11) is 0. The Morgan fingerprint density at radius 2 is 1.72 bits per heavy atom. The van der Waals surface area contributed by atoms with Gasteiger partial charge in [-0.25, -0.2) is 9.78 Å². The van der Waals surface area contributed by atoms with E-state index in [0.717, 1.165) is 37.7 Å². The molecule has 5 rings (SSSR count). The Bertz CT molecular complexity index is 1340. The van der Waals surface area contributed by atoms with E-state index in [-0.39, 0.29) is 5.63 Å². The minimum atomic E-state index is -0.389. The van der Waals surface area contributed by atoms with Crippen molar-refractivity contribution in [2.24, 2.45) is 0 Å². The van der Waals surface area contributed by atoms with Crippen LogP contribution in [0, 0.1) is 0 Å². The molecule has 3 heterocycles. The van der Waals surface area contributed by atoms with Crippen LogP contribution in [0.15, 0.2) is 115 Å². The van der Waals surface area contributed by atoms with Gasteiger partial charge in [0.05, 0.1) is 18.2 Å². The van der Waals surface area contributed by atoms with Crippen molar-refractivity contribution >= 4 is 22.7 Å². The summed E-state index contributed by atoms with van der Waals surface area (Å²) in [4.78, 5) is 17.8. The third kappa shape index (κ3) is 3.60. The van der Waals surface area contributed by atoms with Gasteiger partial charge in [0, 0.05) is 33.0 Å². The van der Waals surface area contributed by atoms with E-state index in [0.29, 0.717) is 5.58 Å². The number of aromatic nitrogens is 1. The van der Waals surface area contributed by atoms with Crippen LogP contribution in [0.2, 0.25) is 0 Å². The second-order valence-electron chi connectivity index (χ2n) is 6.48. The zero-order valence-electron chi connectivity index (χ0n) is 15.2. The first-order chi connectivity index (χ1) is 14.3. The maximum Gasteiger partial charge on any atom is 0.336 e. The van der Waals surface area contributed by atoms with Gasteiger partial charge in [-0.05, 0) is 36.4 Å². The maximum atomic E-state index is 12.1. The average Bonchev–Trinajstić information content (AvgIpc) is 3.28. The fraction of sp³-hybridized carbons (Fsp3) is 0. The van der Waals surface area contributed by atoms with E-state index in [1.807, 2.05) is 72.8 Å². The van der Waals surface area contributed by atoms with E-state index in [2.05, 4.69) is 0 Å². The third-order valence-corrected chi connectivity index (χ3v) is 5.49. The SMILES string of the molecule is O=c1cc(-c2ccoc2)c2ccc(Sc3cccc(-c4ccccc4)n3)cc2o1. The topological polar surface area (TPSA) is 56.2 Å². The van der Waals surface area contributed by atoms with Crippen molar-refractivity contribution in [1.82, 2.24) is 4.98 Å². The minimum Gasteiger partial charge on any atom is -0.472 e. The van der Waals surface area contributed by atoms with Crippen LogP contribution in [0.5, 0.6) is 0 Å². The summed E-state index contributed by atoms with van der Waals surface area (Å²) < 4.78 is 10.6. The molecule has 0 spiro atoms. The Kier molecular flexibility index (Phi) is 4.50. The number of furan rings is 1. The van der Waals surface area contributed by atoms with Crippen LogP contribution in [-0.4, -0.2) is 4.98 Å². The highest BCUT2D eigenvalue weighted by Crippen LogP contribution is 2.33. The molecule has 0 unspecified atom stereocenters. The molecule has 29 heavy (non-hydrogen) atoms. The van der Waals surface area contributed by atoms with E-state index < -0.39 is 0 Å². The van der Waals surface area contributed by atoms with Crippen LogP contribution in [-0.2, 0) is 0 Å². The summed E-state index contributed by atoms with van der Waals surface area (Å²) in [5.41, 5.74) is 3.79. The number of rotatable bonds is 4. The smallest absolute Gasteiger partial charge is 0.336 e. The first-order valence-electron chi connectivity index (χ1n) is 9.07. The molecule has 5 heteroatoms. The van der Waals surface area contributed by atoms with Crippen LogP contribution >= 0.6 is 11.8 Å². The summed E-state index contributed by atoms with van der Waals surface area (Å²) in [6.45, 7) is 0. The first-order valence-corrected chi connectivity index (χ1v) is 9.89. The van der Waals surface area contributed by atoms with Crippen molar-refractivity contribution in [3.05, 3.63) is 102 Å². The third-order valence-electron chi connectivity index (χ3n) is 4.56. The van der Waals surface area contributed by atoms with Gasteiger partial charge in [0.25, 0.3) is 0 Å². The van der Waals surface area contributed by atoms with Crippen molar-refractivity contribution in [1.29, 1.82) is 0 Å². The number of benzene rings is 2. The van der Waals surface area contributed by atoms with E-state index in [1.165, 1.54) is 17.8 Å². The Hall–Kier alpha value is -3.57. The summed E-state index contributed by atoms with van der Waals surface area (Å²) in [5.74, 6) is 0. The van der Waals surface area contributed by atoms with E-state index in [4.69, 9.17) is 13.8 Å². The van der Waals surface area contributed by atoms with Gasteiger partial charge in [0.15, 0.2) is 0 Å². The summed E-state index contributed by atoms with van der Waals surface area (Å²) in [5, 5.41) is 1.74. The minimum absolute atomic E-state index is 0.389. The number of hydrogen-bond acceptors (Lipinski definition) is 5. The molecule has 0 radical (unpaired) electrons. The lowest BCUT2D eigenvalue weighted by molar-refractivity contribution is 0.560. The van der Waals surface area contributed by atoms with Crippen LogP contribution in [0.4, 0.5) is 0 Å². The molecule has 5 aromatic rings. The lowest BCUT2D eigenvalue weighted by Crippen LogP contribution is -1.97. The van der Waals surface area contributed by atoms with E-state index >= 15 is 0 Å².